The standard InChI is InChI=1S/C7H7.C6H5.2BrH.2Mg/c1-7-5-3-2-4-6-7;1-2-4-6-5-3-1;;;;/h2-6H,1H2;1-5H;2*1H;;/q;;;;2*+1/p-2. The van der Waals surface area contributed by atoms with Crippen LogP contribution in [0.1, 0.15) is 5.56 Å². The molecule has 2 rings (SSSR count). The van der Waals surface area contributed by atoms with E-state index < -0.39 is 0 Å². The Kier molecular flexibility index (Phi) is 10.2. The molecule has 0 radical (unpaired) electrons. The zero-order valence-electron chi connectivity index (χ0n) is 9.65. The molecule has 0 amide bonds. The highest BCUT2D eigenvalue weighted by molar-refractivity contribution is 9.23. The first kappa shape index (κ1) is 16.0. The third-order valence-corrected chi connectivity index (χ3v) is 6.90. The average Bonchev–Trinajstić information content (AvgIpc) is 2.42. The zero-order chi connectivity index (χ0) is 12.3. The summed E-state index contributed by atoms with van der Waals surface area (Å²) in [6, 6.07) is 21.1. The third kappa shape index (κ3) is 7.85. The molecule has 0 saturated carbocycles. The quantitative estimate of drug-likeness (QED) is 0.719. The number of hydrogen-bond donors (Lipinski definition) is 0. The maximum Gasteiger partial charge on any atom is 0.506 e. The highest BCUT2D eigenvalue weighted by Crippen LogP contribution is 1.98. The van der Waals surface area contributed by atoms with Gasteiger partial charge in [-0.2, -0.15) is 3.69 Å². The van der Waals surface area contributed by atoms with Crippen LogP contribution in [0.3, 0.4) is 0 Å². The van der Waals surface area contributed by atoms with Gasteiger partial charge in [0.15, 0.2) is 0 Å². The Hall–Kier alpha value is 0.932. The fraction of sp³-hybridized carbons (Fsp3) is 0.0769. The lowest BCUT2D eigenvalue weighted by Gasteiger charge is -1.92. The molecule has 82 valence electrons. The molecule has 0 spiro atoms. The predicted molar refractivity (Wildman–Crippen MR) is 85.6 cm³/mol. The summed E-state index contributed by atoms with van der Waals surface area (Å²) in [7, 11) is 0. The SMILES string of the molecule is [Br][Mg][CH2]c1ccccc1.[Br][Mg][c]1ccccc1. The van der Waals surface area contributed by atoms with Gasteiger partial charge in [-0.05, 0) is 0 Å². The molecule has 2 aromatic carbocycles. The van der Waals surface area contributed by atoms with Crippen molar-refractivity contribution in [3.8, 4) is 0 Å². The molecular formula is C13H12Br2Mg2. The molecule has 0 nitrogen and oxygen atoms in total. The molecule has 0 atom stereocenters. The molecule has 0 aliphatic rings. The van der Waals surface area contributed by atoms with E-state index in [1.54, 1.807) is 0 Å². The second-order valence-electron chi connectivity index (χ2n) is 3.54. The van der Waals surface area contributed by atoms with Gasteiger partial charge in [0.1, 0.15) is 0 Å². The minimum absolute atomic E-state index is 0.0282. The third-order valence-electron chi connectivity index (χ3n) is 2.22. The molecule has 17 heavy (non-hydrogen) atoms. The number of halogens is 2. The van der Waals surface area contributed by atoms with E-state index in [1.165, 1.54) is 13.8 Å². The van der Waals surface area contributed by atoms with Crippen LogP contribution in [-0.2, 0) is 4.55 Å². The van der Waals surface area contributed by atoms with Crippen molar-refractivity contribution in [1.29, 1.82) is 0 Å². The molecular weight excluding hydrogens is 365 g/mol. The number of hydrogen-bond acceptors (Lipinski definition) is 0. The van der Waals surface area contributed by atoms with E-state index in [1.807, 2.05) is 6.07 Å². The predicted octanol–water partition coefficient (Wildman–Crippen LogP) is 3.53. The van der Waals surface area contributed by atoms with Crippen LogP contribution in [0.2, 0.25) is 0 Å². The maximum absolute atomic E-state index is 3.52. The van der Waals surface area contributed by atoms with Crippen LogP contribution in [0.5, 0.6) is 0 Å². The average molecular weight is 377 g/mol. The van der Waals surface area contributed by atoms with Crippen molar-refractivity contribution >= 4 is 65.8 Å². The molecule has 0 fully saturated rings. The Bertz CT molecular complexity index is 393. The fourth-order valence-electron chi connectivity index (χ4n) is 1.32. The first-order chi connectivity index (χ1) is 8.36. The van der Waals surface area contributed by atoms with Gasteiger partial charge >= 0.3 is 36.4 Å². The molecule has 0 N–H and O–H groups in total. The summed E-state index contributed by atoms with van der Waals surface area (Å²) in [6.45, 7) is 0. The van der Waals surface area contributed by atoms with Crippen molar-refractivity contribution in [2.75, 3.05) is 0 Å². The van der Waals surface area contributed by atoms with Crippen LogP contribution >= 0.6 is 25.8 Å². The summed E-state index contributed by atoms with van der Waals surface area (Å²) in [6.07, 6.45) is 0. The second kappa shape index (κ2) is 10.8. The van der Waals surface area contributed by atoms with Crippen molar-refractivity contribution in [3.05, 3.63) is 66.2 Å². The summed E-state index contributed by atoms with van der Waals surface area (Å²) < 4.78 is 2.73. The van der Waals surface area contributed by atoms with Crippen LogP contribution in [0.25, 0.3) is 0 Å². The molecule has 0 saturated heterocycles. The van der Waals surface area contributed by atoms with E-state index in [0.717, 1.165) is 0 Å². The summed E-state index contributed by atoms with van der Waals surface area (Å²) in [5.41, 5.74) is 1.46. The fourth-order valence-corrected chi connectivity index (χ4v) is 4.82. The molecule has 4 heteroatoms. The van der Waals surface area contributed by atoms with Crippen LogP contribution in [0, 0.1) is 0 Å². The van der Waals surface area contributed by atoms with Crippen molar-refractivity contribution in [1.82, 2.24) is 0 Å². The number of benzene rings is 2. The summed E-state index contributed by atoms with van der Waals surface area (Å²) in [4.78, 5) is 0. The van der Waals surface area contributed by atoms with Crippen molar-refractivity contribution < 1.29 is 0 Å². The zero-order valence-corrected chi connectivity index (χ0v) is 15.7. The van der Waals surface area contributed by atoms with Gasteiger partial charge in [-0.3, -0.25) is 12.9 Å². The second-order valence-corrected chi connectivity index (χ2v) is 9.57. The molecule has 2 aromatic rings. The monoisotopic (exact) mass is 374 g/mol. The Morgan fingerprint density at radius 2 is 1.29 bits per heavy atom. The van der Waals surface area contributed by atoms with E-state index in [2.05, 4.69) is 80.4 Å². The van der Waals surface area contributed by atoms with E-state index in [9.17, 15) is 0 Å². The van der Waals surface area contributed by atoms with Gasteiger partial charge in [-0.25, -0.2) is 0 Å². The summed E-state index contributed by atoms with van der Waals surface area (Å²) >= 11 is 6.95. The molecule has 0 aliphatic heterocycles. The van der Waals surface area contributed by atoms with Crippen molar-refractivity contribution in [2.24, 2.45) is 0 Å². The summed E-state index contributed by atoms with van der Waals surface area (Å²) in [5.74, 6) is 0. The van der Waals surface area contributed by atoms with Gasteiger partial charge in [-0.1, -0.05) is 66.2 Å². The highest BCUT2D eigenvalue weighted by atomic mass is 79.9. The van der Waals surface area contributed by atoms with Gasteiger partial charge in [0, 0.05) is 0 Å². The highest BCUT2D eigenvalue weighted by Gasteiger charge is 1.90. The van der Waals surface area contributed by atoms with Crippen LogP contribution in [0.4, 0.5) is 0 Å². The van der Waals surface area contributed by atoms with Crippen molar-refractivity contribution in [2.45, 2.75) is 4.55 Å². The van der Waals surface area contributed by atoms with E-state index in [-0.39, 0.29) is 36.4 Å². The lowest BCUT2D eigenvalue weighted by Crippen LogP contribution is -2.05. The Morgan fingerprint density at radius 1 is 0.765 bits per heavy atom. The van der Waals surface area contributed by atoms with Crippen LogP contribution in [0.15, 0.2) is 60.7 Å². The van der Waals surface area contributed by atoms with Crippen LogP contribution in [-0.4, -0.2) is 36.4 Å². The van der Waals surface area contributed by atoms with Gasteiger partial charge < -0.3 is 12.9 Å². The lowest BCUT2D eigenvalue weighted by molar-refractivity contribution is 1.40. The van der Waals surface area contributed by atoms with Gasteiger partial charge in [-0.15, -0.1) is 4.55 Å². The summed E-state index contributed by atoms with van der Waals surface area (Å²) in [5, 5.41) is 0. The Labute approximate surface area is 135 Å². The normalized spacial score (nSPS) is 8.35. The minimum Gasteiger partial charge on any atom is -0.306 e. The lowest BCUT2D eigenvalue weighted by atomic mass is 10.2. The van der Waals surface area contributed by atoms with E-state index >= 15 is 0 Å². The van der Waals surface area contributed by atoms with E-state index in [0.29, 0.717) is 0 Å². The Balaban J connectivity index is 0.000000171. The van der Waals surface area contributed by atoms with Crippen LogP contribution < -0.4 is 3.69 Å². The molecule has 0 bridgehead atoms. The van der Waals surface area contributed by atoms with Gasteiger partial charge in [0.25, 0.3) is 0 Å². The van der Waals surface area contributed by atoms with Gasteiger partial charge in [0.05, 0.1) is 0 Å². The largest absolute Gasteiger partial charge is 0.506 e. The first-order valence-electron chi connectivity index (χ1n) is 5.56. The molecule has 0 unspecified atom stereocenters. The smallest absolute Gasteiger partial charge is 0.306 e. The first-order valence-corrected chi connectivity index (χ1v) is 15.1. The van der Waals surface area contributed by atoms with E-state index in [4.69, 9.17) is 0 Å². The van der Waals surface area contributed by atoms with Gasteiger partial charge in [0.2, 0.25) is 0 Å². The molecule has 0 aromatic heterocycles. The Morgan fingerprint density at radius 3 is 1.71 bits per heavy atom. The minimum atomic E-state index is -0.0962. The van der Waals surface area contributed by atoms with Crippen molar-refractivity contribution in [3.63, 3.8) is 0 Å². The number of rotatable bonds is 3. The molecule has 0 aliphatic carbocycles. The molecule has 0 heterocycles. The maximum atomic E-state index is 3.52. The topological polar surface area (TPSA) is 0 Å².